The first-order valence-electron chi connectivity index (χ1n) is 14.1. The summed E-state index contributed by atoms with van der Waals surface area (Å²) in [6, 6.07) is 10.1. The molecule has 1 amide bonds. The molecule has 1 N–H and O–H groups in total. The van der Waals surface area contributed by atoms with Crippen molar-refractivity contribution in [3.05, 3.63) is 107 Å². The van der Waals surface area contributed by atoms with Crippen LogP contribution >= 0.6 is 0 Å². The number of carbonyl (C=O) groups is 2. The number of aliphatic hydroxyl groups is 1. The van der Waals surface area contributed by atoms with Crippen LogP contribution in [0.5, 0.6) is 0 Å². The number of amides is 1. The average molecular weight is 546 g/mol. The molecule has 0 radical (unpaired) electrons. The predicted octanol–water partition coefficient (Wildman–Crippen LogP) is 7.19. The van der Waals surface area contributed by atoms with Gasteiger partial charge in [0.25, 0.3) is 0 Å². The van der Waals surface area contributed by atoms with E-state index >= 15 is 0 Å². The first kappa shape index (κ1) is 34.3. The monoisotopic (exact) mass is 545 g/mol. The predicted molar refractivity (Wildman–Crippen MR) is 167 cm³/mol. The second kappa shape index (κ2) is 19.3. The lowest BCUT2D eigenvalue weighted by molar-refractivity contribution is -0.126. The van der Waals surface area contributed by atoms with Crippen LogP contribution in [0.15, 0.2) is 90.3 Å². The summed E-state index contributed by atoms with van der Waals surface area (Å²) < 4.78 is 1.91. The number of allylic oxidation sites excluding steroid dienone is 10. The Morgan fingerprint density at radius 2 is 1.90 bits per heavy atom. The van der Waals surface area contributed by atoms with Crippen molar-refractivity contribution in [2.24, 2.45) is 0 Å². The van der Waals surface area contributed by atoms with Gasteiger partial charge in [-0.3, -0.25) is 4.79 Å². The zero-order chi connectivity index (χ0) is 29.9. The molecule has 4 rings (SSSR count). The minimum atomic E-state index is -0.154. The van der Waals surface area contributed by atoms with Gasteiger partial charge in [-0.2, -0.15) is 5.10 Å². The molecule has 1 fully saturated rings. The molecule has 1 aliphatic heterocycles. The maximum atomic E-state index is 11.5. The Morgan fingerprint density at radius 3 is 2.52 bits per heavy atom. The van der Waals surface area contributed by atoms with Gasteiger partial charge in [-0.25, -0.2) is 4.68 Å². The Balaban J connectivity index is 0.000000421. The van der Waals surface area contributed by atoms with Gasteiger partial charge < -0.3 is 14.8 Å². The summed E-state index contributed by atoms with van der Waals surface area (Å²) in [7, 11) is 1.00. The maximum Gasteiger partial charge on any atom is 0.226 e. The van der Waals surface area contributed by atoms with E-state index in [1.54, 1.807) is 0 Å². The second-order valence-electron chi connectivity index (χ2n) is 9.27. The van der Waals surface area contributed by atoms with Crippen LogP contribution in [0.3, 0.4) is 0 Å². The van der Waals surface area contributed by atoms with Gasteiger partial charge in [-0.05, 0) is 57.9 Å². The highest BCUT2D eigenvalue weighted by Crippen LogP contribution is 2.21. The van der Waals surface area contributed by atoms with Crippen molar-refractivity contribution in [3.63, 3.8) is 0 Å². The molecule has 6 nitrogen and oxygen atoms in total. The van der Waals surface area contributed by atoms with E-state index in [-0.39, 0.29) is 11.8 Å². The highest BCUT2D eigenvalue weighted by atomic mass is 16.2. The SMILES string of the molecule is C/C=C\C=C(/C)N1CCCC1=O.CC.CC1=CC=C(n2ccc(CC(C=O)c3cccc(C)c3)n2)CC=C1.CO. The van der Waals surface area contributed by atoms with Crippen LogP contribution in [0, 0.1) is 6.92 Å². The van der Waals surface area contributed by atoms with Gasteiger partial charge in [0.15, 0.2) is 0 Å². The lowest BCUT2D eigenvalue weighted by Gasteiger charge is -2.15. The van der Waals surface area contributed by atoms with Crippen molar-refractivity contribution in [1.29, 1.82) is 0 Å². The fourth-order valence-corrected chi connectivity index (χ4v) is 4.23. The molecule has 40 heavy (non-hydrogen) atoms. The number of nitrogens with zero attached hydrogens (tertiary/aromatic N) is 3. The first-order valence-corrected chi connectivity index (χ1v) is 14.1. The Bertz CT molecular complexity index is 1210. The number of aldehydes is 1. The van der Waals surface area contributed by atoms with E-state index in [0.29, 0.717) is 12.8 Å². The third kappa shape index (κ3) is 11.1. The van der Waals surface area contributed by atoms with Gasteiger partial charge >= 0.3 is 0 Å². The van der Waals surface area contributed by atoms with Crippen molar-refractivity contribution >= 4 is 17.9 Å². The van der Waals surface area contributed by atoms with Crippen molar-refractivity contribution in [2.75, 3.05) is 13.7 Å². The number of benzene rings is 1. The number of hydrogen-bond donors (Lipinski definition) is 1. The smallest absolute Gasteiger partial charge is 0.226 e. The fourth-order valence-electron chi connectivity index (χ4n) is 4.23. The minimum Gasteiger partial charge on any atom is -0.400 e. The molecule has 0 spiro atoms. The lowest BCUT2D eigenvalue weighted by Crippen LogP contribution is -2.22. The normalized spacial score (nSPS) is 15.4. The lowest BCUT2D eigenvalue weighted by atomic mass is 9.94. The molecular weight excluding hydrogens is 498 g/mol. The van der Waals surface area contributed by atoms with E-state index in [0.717, 1.165) is 55.4 Å². The molecule has 0 bridgehead atoms. The molecule has 6 heteroatoms. The van der Waals surface area contributed by atoms with Gasteiger partial charge in [0.1, 0.15) is 6.29 Å². The first-order chi connectivity index (χ1) is 19.4. The van der Waals surface area contributed by atoms with E-state index in [9.17, 15) is 9.59 Å². The van der Waals surface area contributed by atoms with Gasteiger partial charge in [0, 0.05) is 56.4 Å². The Hall–Kier alpha value is -3.77. The molecule has 2 aliphatic rings. The van der Waals surface area contributed by atoms with Crippen LogP contribution in [0.1, 0.15) is 76.6 Å². The summed E-state index contributed by atoms with van der Waals surface area (Å²) in [5.74, 6) is 0.103. The molecule has 216 valence electrons. The third-order valence-corrected chi connectivity index (χ3v) is 6.28. The molecule has 1 saturated heterocycles. The van der Waals surface area contributed by atoms with Gasteiger partial charge in [-0.1, -0.05) is 79.6 Å². The van der Waals surface area contributed by atoms with E-state index < -0.39 is 0 Å². The number of carbonyl (C=O) groups excluding carboxylic acids is 2. The number of aromatic nitrogens is 2. The van der Waals surface area contributed by atoms with E-state index in [1.165, 1.54) is 11.1 Å². The molecule has 1 unspecified atom stereocenters. The molecule has 1 atom stereocenters. The van der Waals surface area contributed by atoms with Gasteiger partial charge in [0.05, 0.1) is 5.69 Å². The third-order valence-electron chi connectivity index (χ3n) is 6.28. The second-order valence-corrected chi connectivity index (χ2v) is 9.27. The molecule has 1 aromatic heterocycles. The van der Waals surface area contributed by atoms with Crippen molar-refractivity contribution in [1.82, 2.24) is 14.7 Å². The summed E-state index contributed by atoms with van der Waals surface area (Å²) in [6.45, 7) is 13.0. The van der Waals surface area contributed by atoms with Crippen LogP contribution in [0.2, 0.25) is 0 Å². The molecule has 2 aromatic rings. The molecule has 1 aliphatic carbocycles. The number of aliphatic hydroxyl groups excluding tert-OH is 1. The van der Waals surface area contributed by atoms with Crippen molar-refractivity contribution < 1.29 is 14.7 Å². The van der Waals surface area contributed by atoms with Crippen LogP contribution in [0.25, 0.3) is 5.70 Å². The summed E-state index contributed by atoms with van der Waals surface area (Å²) >= 11 is 0. The van der Waals surface area contributed by atoms with Crippen LogP contribution in [-0.4, -0.2) is 45.6 Å². The van der Waals surface area contributed by atoms with Crippen LogP contribution in [-0.2, 0) is 16.0 Å². The highest BCUT2D eigenvalue weighted by molar-refractivity contribution is 5.79. The topological polar surface area (TPSA) is 75.4 Å². The Morgan fingerprint density at radius 1 is 1.15 bits per heavy atom. The quantitative estimate of drug-likeness (QED) is 0.295. The van der Waals surface area contributed by atoms with Gasteiger partial charge in [0.2, 0.25) is 5.91 Å². The van der Waals surface area contributed by atoms with Gasteiger partial charge in [-0.15, -0.1) is 0 Å². The van der Waals surface area contributed by atoms with E-state index in [1.807, 2.05) is 92.9 Å². The number of hydrogen-bond acceptors (Lipinski definition) is 4. The van der Waals surface area contributed by atoms with Crippen molar-refractivity contribution in [3.8, 4) is 0 Å². The summed E-state index contributed by atoms with van der Waals surface area (Å²) in [6.07, 6.45) is 20.5. The number of likely N-dealkylation sites (tertiary alicyclic amines) is 1. The average Bonchev–Trinajstić information content (AvgIpc) is 3.57. The fraction of sp³-hybridized carbons (Fsp3) is 0.382. The number of aryl methyl sites for hydroxylation is 1. The zero-order valence-corrected chi connectivity index (χ0v) is 25.3. The number of rotatable bonds is 7. The molecule has 0 saturated carbocycles. The molecule has 2 heterocycles. The highest BCUT2D eigenvalue weighted by Gasteiger charge is 2.20. The minimum absolute atomic E-state index is 0.154. The summed E-state index contributed by atoms with van der Waals surface area (Å²) in [4.78, 5) is 24.6. The largest absolute Gasteiger partial charge is 0.400 e. The van der Waals surface area contributed by atoms with E-state index in [2.05, 4.69) is 42.4 Å². The molecular formula is C34H47N3O3. The van der Waals surface area contributed by atoms with Crippen molar-refractivity contribution in [2.45, 2.75) is 73.1 Å². The van der Waals surface area contributed by atoms with Crippen LogP contribution in [0.4, 0.5) is 0 Å². The van der Waals surface area contributed by atoms with E-state index in [4.69, 9.17) is 5.11 Å². The Labute approximate surface area is 241 Å². The standard InChI is InChI=1S/C21H22N2O.C10H15NO.C2H6.CH4O/c1-16-5-4-8-21(10-9-16)23-12-11-20(22-23)14-19(15-24)18-7-3-6-17(2)13-18;1-3-4-6-9(2)11-8-5-7-10(11)12;2*1-2/h3-7,9-13,15,19H,8,14H2,1-2H3;3-4,6H,5,7-8H2,1-2H3;1-2H3;2H,1H3/b;4-3-,9-6+;;. The zero-order valence-electron chi connectivity index (χ0n) is 25.3. The summed E-state index contributed by atoms with van der Waals surface area (Å²) in [5.41, 5.74) is 6.57. The maximum absolute atomic E-state index is 11.5. The summed E-state index contributed by atoms with van der Waals surface area (Å²) in [5, 5.41) is 11.7. The molecule has 1 aromatic carbocycles. The van der Waals surface area contributed by atoms with Crippen LogP contribution < -0.4 is 0 Å². The Kier molecular flexibility index (Phi) is 16.5.